The normalized spacial score (nSPS) is 21.1. The number of aliphatic hydroxyl groups excluding tert-OH is 1. The van der Waals surface area contributed by atoms with E-state index in [-0.39, 0.29) is 18.2 Å². The molecule has 3 rings (SSSR count). The summed E-state index contributed by atoms with van der Waals surface area (Å²) >= 11 is 6.28. The number of rotatable bonds is 5. The summed E-state index contributed by atoms with van der Waals surface area (Å²) in [6.45, 7) is 4.33. The second-order valence-corrected chi connectivity index (χ2v) is 7.05. The molecule has 0 saturated carbocycles. The Kier molecular flexibility index (Phi) is 5.90. The highest BCUT2D eigenvalue weighted by Gasteiger charge is 2.33. The van der Waals surface area contributed by atoms with Crippen molar-refractivity contribution in [2.75, 3.05) is 19.6 Å². The molecular weight excluding hydrogens is 320 g/mol. The van der Waals surface area contributed by atoms with Gasteiger partial charge in [0.25, 0.3) is 0 Å². The first-order valence-electron chi connectivity index (χ1n) is 8.59. The van der Waals surface area contributed by atoms with E-state index in [1.165, 1.54) is 11.1 Å². The van der Waals surface area contributed by atoms with Crippen LogP contribution in [-0.4, -0.2) is 46.2 Å². The lowest BCUT2D eigenvalue weighted by atomic mass is 9.93. The molecule has 1 saturated heterocycles. The molecule has 0 radical (unpaired) electrons. The lowest BCUT2D eigenvalue weighted by Gasteiger charge is -2.44. The lowest BCUT2D eigenvalue weighted by molar-refractivity contribution is 0.0515. The van der Waals surface area contributed by atoms with E-state index in [4.69, 9.17) is 11.8 Å². The van der Waals surface area contributed by atoms with Gasteiger partial charge >= 0.3 is 0 Å². The van der Waals surface area contributed by atoms with E-state index in [1.54, 1.807) is 0 Å². The molecule has 1 aliphatic rings. The number of aliphatic hydroxyl groups is 1. The molecule has 2 atom stereocenters. The van der Waals surface area contributed by atoms with Crippen molar-refractivity contribution in [3.8, 4) is 0 Å². The first kappa shape index (κ1) is 17.4. The summed E-state index contributed by atoms with van der Waals surface area (Å²) in [5, 5.41) is 9.94. The minimum atomic E-state index is -0.340. The van der Waals surface area contributed by atoms with Gasteiger partial charge in [0.1, 0.15) is 0 Å². The maximum absolute atomic E-state index is 9.94. The van der Waals surface area contributed by atoms with Crippen LogP contribution in [0.25, 0.3) is 0 Å². The maximum atomic E-state index is 9.94. The number of nitrogens with zero attached hydrogens (tertiary/aromatic N) is 2. The van der Waals surface area contributed by atoms with Gasteiger partial charge in [-0.15, -0.1) is 0 Å². The highest BCUT2D eigenvalue weighted by Crippen LogP contribution is 2.33. The Hall–Kier alpha value is -1.39. The lowest BCUT2D eigenvalue weighted by Crippen LogP contribution is -2.52. The molecule has 1 N–H and O–H groups in total. The van der Waals surface area contributed by atoms with E-state index >= 15 is 0 Å². The molecule has 1 heterocycles. The van der Waals surface area contributed by atoms with Crippen molar-refractivity contribution in [3.05, 3.63) is 71.8 Å². The van der Waals surface area contributed by atoms with Gasteiger partial charge < -0.3 is 5.11 Å². The topological polar surface area (TPSA) is 26.7 Å². The van der Waals surface area contributed by atoms with Crippen molar-refractivity contribution in [2.24, 2.45) is 0 Å². The summed E-state index contributed by atoms with van der Waals surface area (Å²) in [6.07, 6.45) is 0.382. The van der Waals surface area contributed by atoms with Crippen LogP contribution in [0.1, 0.15) is 30.5 Å². The zero-order chi connectivity index (χ0) is 16.9. The maximum Gasteiger partial charge on any atom is 0.0605 e. The predicted molar refractivity (Wildman–Crippen MR) is 98.9 cm³/mol. The summed E-state index contributed by atoms with van der Waals surface area (Å²) in [7, 11) is 0. The Bertz CT molecular complexity index is 579. The fraction of sp³-hybridized carbons (Fsp3) is 0.400. The van der Waals surface area contributed by atoms with E-state index in [0.29, 0.717) is 0 Å². The van der Waals surface area contributed by atoms with Gasteiger partial charge in [-0.05, 0) is 36.2 Å². The molecule has 2 unspecified atom stereocenters. The van der Waals surface area contributed by atoms with Gasteiger partial charge in [-0.1, -0.05) is 60.7 Å². The van der Waals surface area contributed by atoms with Gasteiger partial charge in [0, 0.05) is 25.7 Å². The fourth-order valence-electron chi connectivity index (χ4n) is 3.62. The SMILES string of the molecule is CC(O)CC1CN(Cl)CCN1C(c1ccccc1)c1ccccc1. The summed E-state index contributed by atoms with van der Waals surface area (Å²) in [4.78, 5) is 2.50. The molecular formula is C20H25ClN2O. The van der Waals surface area contributed by atoms with Crippen molar-refractivity contribution in [2.45, 2.75) is 31.5 Å². The molecule has 0 bridgehead atoms. The third kappa shape index (κ3) is 4.17. The molecule has 0 spiro atoms. The summed E-state index contributed by atoms with van der Waals surface area (Å²) in [6, 6.07) is 21.6. The van der Waals surface area contributed by atoms with Gasteiger partial charge in [0.2, 0.25) is 0 Å². The van der Waals surface area contributed by atoms with Gasteiger partial charge in [0.05, 0.1) is 12.1 Å². The Morgan fingerprint density at radius 1 is 1.00 bits per heavy atom. The van der Waals surface area contributed by atoms with Crippen LogP contribution >= 0.6 is 11.8 Å². The Balaban J connectivity index is 1.97. The molecule has 2 aromatic carbocycles. The van der Waals surface area contributed by atoms with E-state index in [1.807, 2.05) is 11.3 Å². The smallest absolute Gasteiger partial charge is 0.0605 e. The highest BCUT2D eigenvalue weighted by atomic mass is 35.5. The number of hydrogen-bond acceptors (Lipinski definition) is 3. The van der Waals surface area contributed by atoms with Crippen molar-refractivity contribution in [3.63, 3.8) is 0 Å². The molecule has 1 aliphatic heterocycles. The highest BCUT2D eigenvalue weighted by molar-refractivity contribution is 6.13. The number of halogens is 1. The number of hydrogen-bond donors (Lipinski definition) is 1. The second kappa shape index (κ2) is 8.13. The van der Waals surface area contributed by atoms with Crippen LogP contribution in [-0.2, 0) is 0 Å². The molecule has 128 valence electrons. The average Bonchev–Trinajstić information content (AvgIpc) is 2.58. The first-order chi connectivity index (χ1) is 11.6. The zero-order valence-corrected chi connectivity index (χ0v) is 14.8. The minimum Gasteiger partial charge on any atom is -0.393 e. The standard InChI is InChI=1S/C20H25ClN2O/c1-16(24)14-19-15-22(21)12-13-23(19)20(17-8-4-2-5-9-17)18-10-6-3-7-11-18/h2-11,16,19-20,24H,12-15H2,1H3. The van der Waals surface area contributed by atoms with Crippen LogP contribution < -0.4 is 0 Å². The van der Waals surface area contributed by atoms with Crippen molar-refractivity contribution >= 4 is 11.8 Å². The van der Waals surface area contributed by atoms with E-state index in [2.05, 4.69) is 65.6 Å². The predicted octanol–water partition coefficient (Wildman–Crippen LogP) is 3.69. The summed E-state index contributed by atoms with van der Waals surface area (Å²) in [5.41, 5.74) is 2.56. The largest absolute Gasteiger partial charge is 0.393 e. The second-order valence-electron chi connectivity index (χ2n) is 6.57. The molecule has 1 fully saturated rings. The Morgan fingerprint density at radius 2 is 1.54 bits per heavy atom. The zero-order valence-electron chi connectivity index (χ0n) is 14.1. The molecule has 0 aliphatic carbocycles. The Morgan fingerprint density at radius 3 is 2.04 bits per heavy atom. The number of benzene rings is 2. The van der Waals surface area contributed by atoms with Crippen LogP contribution in [0.3, 0.4) is 0 Å². The van der Waals surface area contributed by atoms with Gasteiger partial charge in [-0.2, -0.15) is 0 Å². The van der Waals surface area contributed by atoms with Crippen molar-refractivity contribution in [1.82, 2.24) is 9.32 Å². The van der Waals surface area contributed by atoms with Gasteiger partial charge in [-0.25, -0.2) is 4.42 Å². The third-order valence-electron chi connectivity index (χ3n) is 4.65. The van der Waals surface area contributed by atoms with E-state index in [0.717, 1.165) is 26.1 Å². The fourth-order valence-corrected chi connectivity index (χ4v) is 3.86. The summed E-state index contributed by atoms with van der Waals surface area (Å²) < 4.78 is 1.84. The first-order valence-corrected chi connectivity index (χ1v) is 8.93. The monoisotopic (exact) mass is 344 g/mol. The van der Waals surface area contributed by atoms with Crippen LogP contribution in [0.4, 0.5) is 0 Å². The molecule has 4 heteroatoms. The number of piperazine rings is 1. The molecule has 0 aromatic heterocycles. The Labute approximate surface area is 149 Å². The third-order valence-corrected chi connectivity index (χ3v) is 4.96. The van der Waals surface area contributed by atoms with Crippen LogP contribution in [0.5, 0.6) is 0 Å². The molecule has 3 nitrogen and oxygen atoms in total. The molecule has 0 amide bonds. The van der Waals surface area contributed by atoms with E-state index in [9.17, 15) is 5.11 Å². The average molecular weight is 345 g/mol. The molecule has 2 aromatic rings. The summed E-state index contributed by atoms with van der Waals surface area (Å²) in [5.74, 6) is 0. The van der Waals surface area contributed by atoms with Crippen LogP contribution in [0, 0.1) is 0 Å². The molecule has 24 heavy (non-hydrogen) atoms. The minimum absolute atomic E-state index is 0.182. The van der Waals surface area contributed by atoms with Crippen LogP contribution in [0.2, 0.25) is 0 Å². The quantitative estimate of drug-likeness (QED) is 0.838. The van der Waals surface area contributed by atoms with Crippen LogP contribution in [0.15, 0.2) is 60.7 Å². The van der Waals surface area contributed by atoms with Crippen molar-refractivity contribution in [1.29, 1.82) is 0 Å². The van der Waals surface area contributed by atoms with Gasteiger partial charge in [-0.3, -0.25) is 4.90 Å². The van der Waals surface area contributed by atoms with Crippen molar-refractivity contribution < 1.29 is 5.11 Å². The van der Waals surface area contributed by atoms with E-state index < -0.39 is 0 Å². The van der Waals surface area contributed by atoms with Gasteiger partial charge in [0.15, 0.2) is 0 Å².